The number of carbonyl (C=O) groups is 1. The van der Waals surface area contributed by atoms with Crippen molar-refractivity contribution >= 4 is 5.78 Å². The number of Topliss-reactive ketones (excluding diaryl/α,β-unsaturated/α-hetero) is 1. The Morgan fingerprint density at radius 2 is 1.80 bits per heavy atom. The summed E-state index contributed by atoms with van der Waals surface area (Å²) in [7, 11) is 0. The monoisotopic (exact) mass is 216 g/mol. The molecule has 80 valence electrons. The van der Waals surface area contributed by atoms with Crippen LogP contribution in [0.5, 0.6) is 0 Å². The lowest BCUT2D eigenvalue weighted by molar-refractivity contribution is -0.0884. The number of rotatable bonds is 2. The van der Waals surface area contributed by atoms with Crippen LogP contribution >= 0.6 is 0 Å². The van der Waals surface area contributed by atoms with Gasteiger partial charge < -0.3 is 0 Å². The minimum Gasteiger partial charge on any atom is -0.285 e. The normalized spacial score (nSPS) is 11.2. The van der Waals surface area contributed by atoms with Gasteiger partial charge in [0.05, 0.1) is 5.57 Å². The van der Waals surface area contributed by atoms with Gasteiger partial charge in [-0.05, 0) is 12.5 Å². The predicted octanol–water partition coefficient (Wildman–Crippen LogP) is 2.09. The lowest BCUT2D eigenvalue weighted by Gasteiger charge is -2.07. The van der Waals surface area contributed by atoms with Gasteiger partial charge in [-0.1, -0.05) is 6.58 Å². The van der Waals surface area contributed by atoms with E-state index in [9.17, 15) is 18.0 Å². The third-order valence-corrected chi connectivity index (χ3v) is 1.60. The summed E-state index contributed by atoms with van der Waals surface area (Å²) in [4.78, 5) is 18.1. The number of allylic oxidation sites excluding steroid dienone is 1. The standard InChI is InChI=1S/C9H7F3N2O/c1-5-3-13-8(14-4-5)7(15)6(2)9(10,11)12/h3-4H,2H2,1H3. The van der Waals surface area contributed by atoms with E-state index in [0.717, 1.165) is 0 Å². The zero-order chi connectivity index (χ0) is 11.6. The second-order valence-corrected chi connectivity index (χ2v) is 2.89. The van der Waals surface area contributed by atoms with Crippen LogP contribution in [-0.2, 0) is 0 Å². The molecule has 0 spiro atoms. The molecule has 1 aromatic heterocycles. The largest absolute Gasteiger partial charge is 0.419 e. The summed E-state index contributed by atoms with van der Waals surface area (Å²) in [5.41, 5.74) is -0.810. The zero-order valence-corrected chi connectivity index (χ0v) is 7.80. The molecule has 0 atom stereocenters. The number of nitrogens with zero attached hydrogens (tertiary/aromatic N) is 2. The van der Waals surface area contributed by atoms with E-state index in [4.69, 9.17) is 0 Å². The maximum atomic E-state index is 12.1. The average Bonchev–Trinajstić information content (AvgIpc) is 2.15. The van der Waals surface area contributed by atoms with E-state index in [1.54, 1.807) is 6.92 Å². The van der Waals surface area contributed by atoms with Crippen molar-refractivity contribution in [3.05, 3.63) is 35.9 Å². The number of ketones is 1. The van der Waals surface area contributed by atoms with Gasteiger partial charge in [0.1, 0.15) is 0 Å². The van der Waals surface area contributed by atoms with Gasteiger partial charge in [-0.15, -0.1) is 0 Å². The second-order valence-electron chi connectivity index (χ2n) is 2.89. The molecular weight excluding hydrogens is 209 g/mol. The van der Waals surface area contributed by atoms with E-state index >= 15 is 0 Å². The third-order valence-electron chi connectivity index (χ3n) is 1.60. The topological polar surface area (TPSA) is 42.9 Å². The molecule has 0 amide bonds. The Hall–Kier alpha value is -1.72. The van der Waals surface area contributed by atoms with Gasteiger partial charge in [0, 0.05) is 12.4 Å². The predicted molar refractivity (Wildman–Crippen MR) is 46.3 cm³/mol. The quantitative estimate of drug-likeness (QED) is 0.561. The summed E-state index contributed by atoms with van der Waals surface area (Å²) in [5, 5.41) is 0. The smallest absolute Gasteiger partial charge is 0.285 e. The fourth-order valence-corrected chi connectivity index (χ4v) is 0.774. The van der Waals surface area contributed by atoms with E-state index in [2.05, 4.69) is 16.5 Å². The summed E-state index contributed by atoms with van der Waals surface area (Å²) in [6.45, 7) is 4.33. The van der Waals surface area contributed by atoms with Crippen LogP contribution in [0.15, 0.2) is 24.5 Å². The molecule has 0 saturated heterocycles. The van der Waals surface area contributed by atoms with Gasteiger partial charge in [0.2, 0.25) is 11.6 Å². The van der Waals surface area contributed by atoms with Crippen LogP contribution in [0.2, 0.25) is 0 Å². The molecule has 0 saturated carbocycles. The molecule has 0 N–H and O–H groups in total. The molecule has 3 nitrogen and oxygen atoms in total. The summed E-state index contributed by atoms with van der Waals surface area (Å²) in [6.07, 6.45) is -2.21. The van der Waals surface area contributed by atoms with E-state index in [1.165, 1.54) is 12.4 Å². The molecule has 6 heteroatoms. The fraction of sp³-hybridized carbons (Fsp3) is 0.222. The minimum absolute atomic E-state index is 0.497. The second kappa shape index (κ2) is 3.80. The summed E-state index contributed by atoms with van der Waals surface area (Å²) < 4.78 is 36.3. The Morgan fingerprint density at radius 1 is 1.33 bits per heavy atom. The molecule has 1 aromatic rings. The first-order valence-electron chi connectivity index (χ1n) is 3.92. The van der Waals surface area contributed by atoms with Gasteiger partial charge in [0.15, 0.2) is 0 Å². The molecule has 1 heterocycles. The van der Waals surface area contributed by atoms with E-state index in [0.29, 0.717) is 5.56 Å². The molecule has 0 aliphatic heterocycles. The van der Waals surface area contributed by atoms with Crippen molar-refractivity contribution in [1.29, 1.82) is 0 Å². The lowest BCUT2D eigenvalue weighted by atomic mass is 10.2. The minimum atomic E-state index is -4.74. The van der Waals surface area contributed by atoms with Crippen molar-refractivity contribution in [2.24, 2.45) is 0 Å². The highest BCUT2D eigenvalue weighted by Gasteiger charge is 2.38. The average molecular weight is 216 g/mol. The number of aryl methyl sites for hydroxylation is 1. The van der Waals surface area contributed by atoms with Crippen LogP contribution in [0, 0.1) is 6.92 Å². The number of hydrogen-bond donors (Lipinski definition) is 0. The summed E-state index contributed by atoms with van der Waals surface area (Å²) in [6, 6.07) is 0. The van der Waals surface area contributed by atoms with Crippen LogP contribution in [0.4, 0.5) is 13.2 Å². The molecule has 0 unspecified atom stereocenters. The molecule has 0 aromatic carbocycles. The van der Waals surface area contributed by atoms with Crippen LogP contribution in [0.1, 0.15) is 16.2 Å². The van der Waals surface area contributed by atoms with Crippen molar-refractivity contribution in [1.82, 2.24) is 9.97 Å². The maximum Gasteiger partial charge on any atom is 0.419 e. The molecule has 0 bridgehead atoms. The molecule has 1 rings (SSSR count). The number of carbonyl (C=O) groups excluding carboxylic acids is 1. The number of halogens is 3. The molecule has 0 aliphatic carbocycles. The summed E-state index contributed by atoms with van der Waals surface area (Å²) in [5.74, 6) is -1.80. The zero-order valence-electron chi connectivity index (χ0n) is 7.80. The van der Waals surface area contributed by atoms with Crippen molar-refractivity contribution in [2.45, 2.75) is 13.1 Å². The molecule has 0 radical (unpaired) electrons. The fourth-order valence-electron chi connectivity index (χ4n) is 0.774. The first-order valence-corrected chi connectivity index (χ1v) is 3.92. The van der Waals surface area contributed by atoms with Crippen LogP contribution < -0.4 is 0 Å². The highest BCUT2D eigenvalue weighted by molar-refractivity contribution is 6.06. The molecule has 0 aliphatic rings. The van der Waals surface area contributed by atoms with Gasteiger partial charge in [-0.2, -0.15) is 13.2 Å². The van der Waals surface area contributed by atoms with Crippen molar-refractivity contribution in [3.63, 3.8) is 0 Å². The van der Waals surface area contributed by atoms with E-state index in [-0.39, 0.29) is 0 Å². The molecule has 0 fully saturated rings. The van der Waals surface area contributed by atoms with Crippen LogP contribution in [0.3, 0.4) is 0 Å². The Labute approximate surface area is 83.7 Å². The van der Waals surface area contributed by atoms with Crippen LogP contribution in [0.25, 0.3) is 0 Å². The number of alkyl halides is 3. The van der Waals surface area contributed by atoms with Crippen molar-refractivity contribution < 1.29 is 18.0 Å². The van der Waals surface area contributed by atoms with Gasteiger partial charge in [-0.3, -0.25) is 4.79 Å². The Bertz CT molecular complexity index is 395. The molecular formula is C9H7F3N2O. The lowest BCUT2D eigenvalue weighted by Crippen LogP contribution is -2.20. The molecule has 15 heavy (non-hydrogen) atoms. The first kappa shape index (κ1) is 11.4. The van der Waals surface area contributed by atoms with Crippen molar-refractivity contribution in [2.75, 3.05) is 0 Å². The Morgan fingerprint density at radius 3 is 2.20 bits per heavy atom. The van der Waals surface area contributed by atoms with E-state index < -0.39 is 23.4 Å². The van der Waals surface area contributed by atoms with Gasteiger partial charge >= 0.3 is 6.18 Å². The Balaban J connectivity index is 2.96. The Kier molecular flexibility index (Phi) is 2.88. The number of hydrogen-bond acceptors (Lipinski definition) is 3. The van der Waals surface area contributed by atoms with Crippen molar-refractivity contribution in [3.8, 4) is 0 Å². The third kappa shape index (κ3) is 2.61. The van der Waals surface area contributed by atoms with Crippen LogP contribution in [-0.4, -0.2) is 21.9 Å². The number of aromatic nitrogens is 2. The van der Waals surface area contributed by atoms with Gasteiger partial charge in [0.25, 0.3) is 0 Å². The SMILES string of the molecule is C=C(C(=O)c1ncc(C)cn1)C(F)(F)F. The maximum absolute atomic E-state index is 12.1. The summed E-state index contributed by atoms with van der Waals surface area (Å²) >= 11 is 0. The highest BCUT2D eigenvalue weighted by Crippen LogP contribution is 2.25. The van der Waals surface area contributed by atoms with E-state index in [1.807, 2.05) is 0 Å². The first-order chi connectivity index (χ1) is 6.82. The highest BCUT2D eigenvalue weighted by atomic mass is 19.4. The van der Waals surface area contributed by atoms with Gasteiger partial charge in [-0.25, -0.2) is 9.97 Å².